The molecule has 162 valence electrons. The molecule has 0 saturated carbocycles. The number of hydrogen-bond donors (Lipinski definition) is 3. The number of benzene rings is 2. The van der Waals surface area contributed by atoms with E-state index in [1.165, 1.54) is 29.2 Å². The van der Waals surface area contributed by atoms with E-state index in [1.54, 1.807) is 24.3 Å². The van der Waals surface area contributed by atoms with Crippen LogP contribution in [-0.2, 0) is 28.6 Å². The maximum atomic E-state index is 14.3. The van der Waals surface area contributed by atoms with Crippen LogP contribution in [0.2, 0.25) is 0 Å². The Kier molecular flexibility index (Phi) is 5.45. The van der Waals surface area contributed by atoms with Gasteiger partial charge in [-0.15, -0.1) is 0 Å². The number of alkyl halides is 2. The first-order valence-corrected chi connectivity index (χ1v) is 9.89. The van der Waals surface area contributed by atoms with Crippen molar-refractivity contribution in [1.82, 2.24) is 15.5 Å². The van der Waals surface area contributed by atoms with Crippen molar-refractivity contribution in [1.29, 1.82) is 0 Å². The molecule has 0 spiro atoms. The summed E-state index contributed by atoms with van der Waals surface area (Å²) in [6, 6.07) is 11.2. The fourth-order valence-electron chi connectivity index (χ4n) is 3.94. The van der Waals surface area contributed by atoms with Crippen LogP contribution in [-0.4, -0.2) is 40.0 Å². The van der Waals surface area contributed by atoms with E-state index in [1.807, 2.05) is 0 Å². The predicted molar refractivity (Wildman–Crippen MR) is 106 cm³/mol. The lowest BCUT2D eigenvalue weighted by Gasteiger charge is -2.35. The molecule has 1 fully saturated rings. The van der Waals surface area contributed by atoms with E-state index in [2.05, 4.69) is 10.6 Å². The van der Waals surface area contributed by atoms with Gasteiger partial charge in [-0.05, 0) is 23.6 Å². The first-order chi connectivity index (χ1) is 14.8. The molecule has 3 N–H and O–H groups in total. The fourth-order valence-corrected chi connectivity index (χ4v) is 3.94. The molecule has 31 heavy (non-hydrogen) atoms. The number of aliphatic hydroxyl groups is 1. The molecule has 2 atom stereocenters. The lowest BCUT2D eigenvalue weighted by Crippen LogP contribution is -2.55. The van der Waals surface area contributed by atoms with Gasteiger partial charge in [0, 0.05) is 30.6 Å². The van der Waals surface area contributed by atoms with Crippen molar-refractivity contribution in [3.8, 4) is 0 Å². The predicted octanol–water partition coefficient (Wildman–Crippen LogP) is 1.65. The maximum Gasteiger partial charge on any atom is 0.349 e. The molecule has 2 aliphatic heterocycles. The normalized spacial score (nSPS) is 20.9. The zero-order valence-electron chi connectivity index (χ0n) is 16.5. The Morgan fingerprint density at radius 1 is 1.19 bits per heavy atom. The van der Waals surface area contributed by atoms with Gasteiger partial charge >= 0.3 is 5.92 Å². The molecule has 7 nitrogen and oxygen atoms in total. The third kappa shape index (κ3) is 4.00. The van der Waals surface area contributed by atoms with Crippen LogP contribution in [0.5, 0.6) is 0 Å². The van der Waals surface area contributed by atoms with Crippen LogP contribution in [0.3, 0.4) is 0 Å². The summed E-state index contributed by atoms with van der Waals surface area (Å²) in [4.78, 5) is 37.7. The van der Waals surface area contributed by atoms with Gasteiger partial charge in [-0.25, -0.2) is 0 Å². The molecule has 2 aromatic carbocycles. The highest BCUT2D eigenvalue weighted by Crippen LogP contribution is 2.30. The largest absolute Gasteiger partial charge is 0.372 e. The van der Waals surface area contributed by atoms with Gasteiger partial charge in [-0.2, -0.15) is 8.78 Å². The van der Waals surface area contributed by atoms with Gasteiger partial charge in [0.25, 0.3) is 11.8 Å². The number of aliphatic hydroxyl groups excluding tert-OH is 1. The van der Waals surface area contributed by atoms with Crippen LogP contribution in [0.1, 0.15) is 39.9 Å². The topological polar surface area (TPSA) is 98.7 Å². The summed E-state index contributed by atoms with van der Waals surface area (Å²) in [6.07, 6.45) is -0.572. The zero-order chi connectivity index (χ0) is 22.2. The average molecular weight is 429 g/mol. The quantitative estimate of drug-likeness (QED) is 0.673. The van der Waals surface area contributed by atoms with Crippen molar-refractivity contribution >= 4 is 17.7 Å². The lowest BCUT2D eigenvalue weighted by molar-refractivity contribution is -0.147. The van der Waals surface area contributed by atoms with Gasteiger partial charge in [-0.1, -0.05) is 42.5 Å². The van der Waals surface area contributed by atoms with Crippen molar-refractivity contribution in [3.63, 3.8) is 0 Å². The molecule has 2 aromatic rings. The molecule has 0 aromatic heterocycles. The van der Waals surface area contributed by atoms with Gasteiger partial charge in [0.1, 0.15) is 6.23 Å². The lowest BCUT2D eigenvalue weighted by atomic mass is 10.0. The molecule has 2 unspecified atom stereocenters. The number of hydrogen-bond acceptors (Lipinski definition) is 4. The van der Waals surface area contributed by atoms with Crippen LogP contribution in [0, 0.1) is 0 Å². The van der Waals surface area contributed by atoms with Crippen molar-refractivity contribution in [2.75, 3.05) is 0 Å². The van der Waals surface area contributed by atoms with Crippen molar-refractivity contribution in [2.24, 2.45) is 0 Å². The standard InChI is InChI=1S/C22H21F2N3O4/c23-22(24,15-4-2-1-3-5-15)21(31)25-11-13-6-7-16-14(10-13)12-27(20(16)30)17-8-9-18(28)26-19(17)29/h1-7,10,17,19,29H,8-9,11-12H2,(H,25,31)(H,26,28). The SMILES string of the molecule is O=C1CCC(N2Cc3cc(CNC(=O)C(F)(F)c4ccccc4)ccc3C2=O)C(O)N1. The summed E-state index contributed by atoms with van der Waals surface area (Å²) in [6.45, 7) is 0.110. The van der Waals surface area contributed by atoms with E-state index in [0.717, 1.165) is 0 Å². The number of nitrogens with one attached hydrogen (secondary N) is 2. The number of fused-ring (bicyclic) bond motifs is 1. The van der Waals surface area contributed by atoms with Gasteiger partial charge < -0.3 is 20.6 Å². The minimum atomic E-state index is -3.66. The second-order valence-corrected chi connectivity index (χ2v) is 7.67. The first-order valence-electron chi connectivity index (χ1n) is 9.89. The molecule has 4 rings (SSSR count). The van der Waals surface area contributed by atoms with Crippen molar-refractivity contribution in [3.05, 3.63) is 70.8 Å². The van der Waals surface area contributed by atoms with E-state index in [9.17, 15) is 28.3 Å². The highest BCUT2D eigenvalue weighted by Gasteiger charge is 2.41. The number of nitrogens with zero attached hydrogens (tertiary/aromatic N) is 1. The zero-order valence-corrected chi connectivity index (χ0v) is 16.5. The molecule has 0 radical (unpaired) electrons. The molecule has 2 heterocycles. The summed E-state index contributed by atoms with van der Waals surface area (Å²) in [7, 11) is 0. The van der Waals surface area contributed by atoms with E-state index in [0.29, 0.717) is 23.1 Å². The van der Waals surface area contributed by atoms with Gasteiger partial charge in [0.15, 0.2) is 0 Å². The average Bonchev–Trinajstić information content (AvgIpc) is 3.08. The molecule has 0 bridgehead atoms. The van der Waals surface area contributed by atoms with Crippen LogP contribution >= 0.6 is 0 Å². The highest BCUT2D eigenvalue weighted by molar-refractivity contribution is 5.98. The van der Waals surface area contributed by atoms with E-state index < -0.39 is 24.1 Å². The van der Waals surface area contributed by atoms with Gasteiger partial charge in [0.05, 0.1) is 6.04 Å². The highest BCUT2D eigenvalue weighted by atomic mass is 19.3. The fraction of sp³-hybridized carbons (Fsp3) is 0.318. The third-order valence-electron chi connectivity index (χ3n) is 5.62. The molecular weight excluding hydrogens is 408 g/mol. The number of piperidine rings is 1. The number of halogens is 2. The number of rotatable bonds is 5. The van der Waals surface area contributed by atoms with Gasteiger partial charge in [0.2, 0.25) is 5.91 Å². The Morgan fingerprint density at radius 3 is 2.65 bits per heavy atom. The Hall–Kier alpha value is -3.33. The number of carbonyl (C=O) groups is 3. The molecule has 1 saturated heterocycles. The minimum Gasteiger partial charge on any atom is -0.372 e. The Labute approximate surface area is 177 Å². The third-order valence-corrected chi connectivity index (χ3v) is 5.62. The summed E-state index contributed by atoms with van der Waals surface area (Å²) >= 11 is 0. The molecule has 2 aliphatic rings. The van der Waals surface area contributed by atoms with E-state index in [4.69, 9.17) is 0 Å². The first kappa shape index (κ1) is 20.9. The van der Waals surface area contributed by atoms with Crippen LogP contribution in [0.15, 0.2) is 48.5 Å². The molecular formula is C22H21F2N3O4. The second-order valence-electron chi connectivity index (χ2n) is 7.67. The smallest absolute Gasteiger partial charge is 0.349 e. The van der Waals surface area contributed by atoms with E-state index >= 15 is 0 Å². The Balaban J connectivity index is 1.43. The number of amides is 3. The van der Waals surface area contributed by atoms with Gasteiger partial charge in [-0.3, -0.25) is 14.4 Å². The minimum absolute atomic E-state index is 0.120. The summed E-state index contributed by atoms with van der Waals surface area (Å²) < 4.78 is 28.7. The Morgan fingerprint density at radius 2 is 1.94 bits per heavy atom. The maximum absolute atomic E-state index is 14.3. The summed E-state index contributed by atoms with van der Waals surface area (Å²) in [5.74, 6) is -5.59. The molecule has 9 heteroatoms. The Bertz CT molecular complexity index is 1030. The van der Waals surface area contributed by atoms with Crippen molar-refractivity contribution in [2.45, 2.75) is 44.1 Å². The van der Waals surface area contributed by atoms with Crippen molar-refractivity contribution < 1.29 is 28.3 Å². The summed E-state index contributed by atoms with van der Waals surface area (Å²) in [5, 5.41) is 14.8. The van der Waals surface area contributed by atoms with Crippen LogP contribution in [0.4, 0.5) is 8.78 Å². The monoisotopic (exact) mass is 429 g/mol. The molecule has 0 aliphatic carbocycles. The van der Waals surface area contributed by atoms with E-state index in [-0.39, 0.29) is 36.9 Å². The second kappa shape index (κ2) is 8.07. The molecule has 3 amide bonds. The van der Waals surface area contributed by atoms with Crippen LogP contribution < -0.4 is 10.6 Å². The number of carbonyl (C=O) groups excluding carboxylic acids is 3. The summed E-state index contributed by atoms with van der Waals surface area (Å²) in [5.41, 5.74) is 1.31. The van der Waals surface area contributed by atoms with Crippen LogP contribution in [0.25, 0.3) is 0 Å².